The zero-order valence-electron chi connectivity index (χ0n) is 19.6. The van der Waals surface area contributed by atoms with E-state index < -0.39 is 57.1 Å². The maximum atomic E-state index is 15.1. The number of carboxylic acids is 1. The van der Waals surface area contributed by atoms with Crippen LogP contribution in [0.3, 0.4) is 0 Å². The first-order chi connectivity index (χ1) is 17.0. The fourth-order valence-corrected chi connectivity index (χ4v) is 4.64. The molecule has 1 unspecified atom stereocenters. The Labute approximate surface area is 209 Å². The van der Waals surface area contributed by atoms with E-state index in [4.69, 9.17) is 21.1 Å². The second kappa shape index (κ2) is 11.6. The average molecular weight is 536 g/mol. The number of methoxy groups -OCH3 is 1. The van der Waals surface area contributed by atoms with E-state index in [2.05, 4.69) is 15.5 Å². The van der Waals surface area contributed by atoms with Crippen molar-refractivity contribution in [3.8, 4) is 0 Å². The van der Waals surface area contributed by atoms with Crippen LogP contribution in [0.4, 0.5) is 17.6 Å². The Balaban J connectivity index is 2.07. The van der Waals surface area contributed by atoms with Gasteiger partial charge in [0.15, 0.2) is 0 Å². The highest BCUT2D eigenvalue weighted by molar-refractivity contribution is 6.31. The minimum atomic E-state index is -5.14. The smallest absolute Gasteiger partial charge is 0.418 e. The van der Waals surface area contributed by atoms with Crippen molar-refractivity contribution in [1.29, 1.82) is 0 Å². The van der Waals surface area contributed by atoms with E-state index in [0.29, 0.717) is 12.6 Å². The summed E-state index contributed by atoms with van der Waals surface area (Å²) in [6, 6.07) is 1.42. The third-order valence-electron chi connectivity index (χ3n) is 6.00. The van der Waals surface area contributed by atoms with Gasteiger partial charge in [-0.1, -0.05) is 11.6 Å². The number of carbonyl (C=O) groups excluding carboxylic acids is 1. The molecule has 3 rings (SSSR count). The summed E-state index contributed by atoms with van der Waals surface area (Å²) >= 11 is 5.81. The lowest BCUT2D eigenvalue weighted by Crippen LogP contribution is -2.44. The predicted molar refractivity (Wildman–Crippen MR) is 122 cm³/mol. The molecule has 2 aliphatic rings. The molecule has 8 nitrogen and oxygen atoms in total. The van der Waals surface area contributed by atoms with Crippen molar-refractivity contribution in [2.75, 3.05) is 53.0 Å². The Bertz CT molecular complexity index is 1080. The zero-order chi connectivity index (χ0) is 26.6. The van der Waals surface area contributed by atoms with Gasteiger partial charge in [-0.25, -0.2) is 14.0 Å². The highest BCUT2D eigenvalue weighted by Gasteiger charge is 2.46. The molecule has 0 aromatic heterocycles. The summed E-state index contributed by atoms with van der Waals surface area (Å²) in [6.45, 7) is 5.08. The van der Waals surface area contributed by atoms with Crippen molar-refractivity contribution in [2.45, 2.75) is 19.0 Å². The van der Waals surface area contributed by atoms with Crippen LogP contribution >= 0.6 is 11.6 Å². The quantitative estimate of drug-likeness (QED) is 0.265. The molecule has 1 aromatic carbocycles. The molecular weight excluding hydrogens is 510 g/mol. The molecule has 1 aromatic rings. The molecule has 0 spiro atoms. The lowest BCUT2D eigenvalue weighted by molar-refractivity contribution is -0.140. The Morgan fingerprint density at radius 2 is 1.89 bits per heavy atom. The number of allylic oxidation sites excluding steroid dienone is 1. The first kappa shape index (κ1) is 27.9. The Hall–Kier alpha value is -2.67. The molecule has 0 amide bonds. The summed E-state index contributed by atoms with van der Waals surface area (Å²) in [5, 5.41) is 15.1. The maximum Gasteiger partial charge on any atom is 0.418 e. The van der Waals surface area contributed by atoms with Gasteiger partial charge in [0.25, 0.3) is 0 Å². The summed E-state index contributed by atoms with van der Waals surface area (Å²) in [6.07, 6.45) is -5.14. The second-order valence-electron chi connectivity index (χ2n) is 8.25. The number of ether oxygens (including phenoxy) is 2. The molecule has 0 bridgehead atoms. The number of carboxylic acid groups (broad SMARTS) is 1. The number of halogens is 5. The summed E-state index contributed by atoms with van der Waals surface area (Å²) < 4.78 is 67.4. The molecule has 0 saturated carbocycles. The number of aliphatic carboxylic acids is 1. The molecule has 36 heavy (non-hydrogen) atoms. The maximum absolute atomic E-state index is 15.1. The van der Waals surface area contributed by atoms with Crippen LogP contribution in [0.25, 0.3) is 0 Å². The summed E-state index contributed by atoms with van der Waals surface area (Å²) in [4.78, 5) is 27.1. The number of benzene rings is 1. The first-order valence-electron chi connectivity index (χ1n) is 11.1. The molecule has 1 saturated heterocycles. The van der Waals surface area contributed by atoms with Gasteiger partial charge in [0.1, 0.15) is 5.82 Å². The number of piperazine rings is 1. The van der Waals surface area contributed by atoms with Crippen LogP contribution in [-0.4, -0.2) is 75.0 Å². The molecule has 3 N–H and O–H groups in total. The Kier molecular flexibility index (Phi) is 8.98. The topological polar surface area (TPSA) is 100 Å². The second-order valence-corrected chi connectivity index (χ2v) is 8.65. The van der Waals surface area contributed by atoms with Crippen molar-refractivity contribution in [2.24, 2.45) is 0 Å². The monoisotopic (exact) mass is 535 g/mol. The van der Waals surface area contributed by atoms with Crippen molar-refractivity contribution in [3.05, 3.63) is 56.6 Å². The molecule has 13 heteroatoms. The van der Waals surface area contributed by atoms with Crippen LogP contribution in [-0.2, 0) is 25.2 Å². The summed E-state index contributed by atoms with van der Waals surface area (Å²) in [5.41, 5.74) is -3.90. The number of nitrogens with zero attached hydrogens (tertiary/aromatic N) is 1. The highest BCUT2D eigenvalue weighted by Crippen LogP contribution is 2.47. The molecule has 1 atom stereocenters. The van der Waals surface area contributed by atoms with Crippen LogP contribution in [0.15, 0.2) is 34.7 Å². The predicted octanol–water partition coefficient (Wildman–Crippen LogP) is 2.89. The van der Waals surface area contributed by atoms with Crippen LogP contribution in [0.5, 0.6) is 0 Å². The number of dihydropyridines is 1. The lowest BCUT2D eigenvalue weighted by atomic mass is 9.78. The lowest BCUT2D eigenvalue weighted by Gasteiger charge is -2.32. The van der Waals surface area contributed by atoms with Crippen LogP contribution in [0, 0.1) is 5.82 Å². The number of rotatable bonds is 8. The number of alkyl halides is 3. The van der Waals surface area contributed by atoms with Gasteiger partial charge in [0, 0.05) is 44.0 Å². The van der Waals surface area contributed by atoms with E-state index in [1.54, 1.807) is 0 Å². The molecule has 2 heterocycles. The van der Waals surface area contributed by atoms with Gasteiger partial charge < -0.3 is 25.2 Å². The Morgan fingerprint density at radius 3 is 2.47 bits per heavy atom. The Morgan fingerprint density at radius 1 is 1.22 bits per heavy atom. The minimum absolute atomic E-state index is 0.00468. The van der Waals surface area contributed by atoms with E-state index in [0.717, 1.165) is 39.4 Å². The third-order valence-corrected chi connectivity index (χ3v) is 6.32. The number of carbonyl (C=O) groups is 2. The molecule has 0 radical (unpaired) electrons. The number of hydrogen-bond acceptors (Lipinski definition) is 7. The van der Waals surface area contributed by atoms with Gasteiger partial charge in [0.2, 0.25) is 0 Å². The average Bonchev–Trinajstić information content (AvgIpc) is 2.81. The fourth-order valence-electron chi connectivity index (χ4n) is 4.37. The normalized spacial score (nSPS) is 19.4. The molecule has 1 fully saturated rings. The molecular formula is C23H26ClF4N3O5. The van der Waals surface area contributed by atoms with E-state index in [9.17, 15) is 27.9 Å². The van der Waals surface area contributed by atoms with Gasteiger partial charge >= 0.3 is 18.1 Å². The highest BCUT2D eigenvalue weighted by atomic mass is 35.5. The fraction of sp³-hybridized carbons (Fsp3) is 0.478. The first-order valence-corrected chi connectivity index (χ1v) is 11.4. The van der Waals surface area contributed by atoms with Gasteiger partial charge in [-0.3, -0.25) is 4.90 Å². The van der Waals surface area contributed by atoms with Crippen molar-refractivity contribution in [1.82, 2.24) is 15.5 Å². The van der Waals surface area contributed by atoms with Crippen LogP contribution in [0.2, 0.25) is 5.02 Å². The molecule has 2 aliphatic heterocycles. The standard InChI is InChI=1S/C23H26ClF4N3O5/c1-12-16(22(34)35-2)19(17-14(25)4-3-13(24)20(17)23(26,27)28)18(21(32)33)15(30-12)11-36-10-9-31-7-5-29-6-8-31/h3-4,19,29-30H,5-11H2,1-2H3,(H,32,33). The van der Waals surface area contributed by atoms with E-state index in [1.165, 1.54) is 6.92 Å². The van der Waals surface area contributed by atoms with Crippen LogP contribution < -0.4 is 10.6 Å². The van der Waals surface area contributed by atoms with E-state index >= 15 is 4.39 Å². The van der Waals surface area contributed by atoms with E-state index in [1.807, 2.05) is 0 Å². The van der Waals surface area contributed by atoms with Gasteiger partial charge in [-0.15, -0.1) is 0 Å². The summed E-state index contributed by atoms with van der Waals surface area (Å²) in [5.74, 6) is -6.10. The van der Waals surface area contributed by atoms with Crippen LogP contribution in [0.1, 0.15) is 24.0 Å². The largest absolute Gasteiger partial charge is 0.478 e. The molecule has 198 valence electrons. The van der Waals surface area contributed by atoms with Gasteiger partial charge in [-0.05, 0) is 19.1 Å². The number of nitrogens with one attached hydrogen (secondary N) is 2. The van der Waals surface area contributed by atoms with E-state index in [-0.39, 0.29) is 24.6 Å². The van der Waals surface area contributed by atoms with Crippen molar-refractivity contribution < 1.29 is 41.7 Å². The van der Waals surface area contributed by atoms with Crippen molar-refractivity contribution >= 4 is 23.5 Å². The van der Waals surface area contributed by atoms with Gasteiger partial charge in [0.05, 0.1) is 53.7 Å². The third kappa shape index (κ3) is 6.00. The SMILES string of the molecule is COC(=O)C1=C(C)NC(COCCN2CCNCC2)=C(C(=O)O)C1c1c(F)ccc(Cl)c1C(F)(F)F. The van der Waals surface area contributed by atoms with Crippen molar-refractivity contribution in [3.63, 3.8) is 0 Å². The molecule has 0 aliphatic carbocycles. The number of hydrogen-bond donors (Lipinski definition) is 3. The summed E-state index contributed by atoms with van der Waals surface area (Å²) in [7, 11) is 0.984. The van der Waals surface area contributed by atoms with Gasteiger partial charge in [-0.2, -0.15) is 13.2 Å². The zero-order valence-corrected chi connectivity index (χ0v) is 20.4. The number of esters is 1. The minimum Gasteiger partial charge on any atom is -0.478 e.